The Labute approximate surface area is 148 Å². The van der Waals surface area contributed by atoms with Crippen LogP contribution >= 0.6 is 0 Å². The number of hydrogen-bond acceptors (Lipinski definition) is 5. The highest BCUT2D eigenvalue weighted by Gasteiger charge is 2.24. The van der Waals surface area contributed by atoms with E-state index in [9.17, 15) is 4.79 Å². The molecule has 0 saturated carbocycles. The van der Waals surface area contributed by atoms with Gasteiger partial charge in [0.2, 0.25) is 5.89 Å². The number of anilines is 1. The number of carbonyl (C=O) groups is 1. The minimum atomic E-state index is 0.131. The number of aromatic nitrogens is 2. The van der Waals surface area contributed by atoms with E-state index in [1.54, 1.807) is 0 Å². The largest absolute Gasteiger partial charge is 0.376 e. The number of hydrogen-bond donors (Lipinski definition) is 1. The molecular weight excluding hydrogens is 316 g/mol. The number of amides is 1. The van der Waals surface area contributed by atoms with Crippen LogP contribution in [0.5, 0.6) is 0 Å². The summed E-state index contributed by atoms with van der Waals surface area (Å²) in [7, 11) is 0. The molecule has 134 valence electrons. The van der Waals surface area contributed by atoms with Crippen LogP contribution in [0.25, 0.3) is 0 Å². The molecule has 1 amide bonds. The van der Waals surface area contributed by atoms with Gasteiger partial charge in [0.15, 0.2) is 5.82 Å². The Bertz CT molecular complexity index is 741. The third kappa shape index (κ3) is 4.00. The Morgan fingerprint density at radius 1 is 1.40 bits per heavy atom. The van der Waals surface area contributed by atoms with Crippen LogP contribution in [-0.4, -0.2) is 33.5 Å². The van der Waals surface area contributed by atoms with Gasteiger partial charge in [-0.1, -0.05) is 12.1 Å². The lowest BCUT2D eigenvalue weighted by molar-refractivity contribution is 0.0635. The third-order valence-electron chi connectivity index (χ3n) is 4.79. The highest BCUT2D eigenvalue weighted by molar-refractivity contribution is 5.95. The van der Waals surface area contributed by atoms with Gasteiger partial charge in [0.1, 0.15) is 0 Å². The van der Waals surface area contributed by atoms with E-state index >= 15 is 0 Å². The number of rotatable bonds is 5. The predicted octanol–water partition coefficient (Wildman–Crippen LogP) is 3.57. The molecule has 25 heavy (non-hydrogen) atoms. The van der Waals surface area contributed by atoms with Gasteiger partial charge in [0, 0.05) is 30.3 Å². The van der Waals surface area contributed by atoms with Gasteiger partial charge < -0.3 is 14.7 Å². The highest BCUT2D eigenvalue weighted by Crippen LogP contribution is 2.22. The highest BCUT2D eigenvalue weighted by atomic mass is 16.5. The van der Waals surface area contributed by atoms with Crippen molar-refractivity contribution in [3.63, 3.8) is 0 Å². The first-order valence-corrected chi connectivity index (χ1v) is 9.05. The molecule has 1 atom stereocenters. The van der Waals surface area contributed by atoms with E-state index in [-0.39, 0.29) is 5.91 Å². The summed E-state index contributed by atoms with van der Waals surface area (Å²) < 4.78 is 5.19. The smallest absolute Gasteiger partial charge is 0.254 e. The van der Waals surface area contributed by atoms with Gasteiger partial charge in [-0.3, -0.25) is 4.79 Å². The molecule has 1 aromatic carbocycles. The zero-order valence-corrected chi connectivity index (χ0v) is 15.2. The van der Waals surface area contributed by atoms with Crippen LogP contribution in [0, 0.1) is 6.92 Å². The van der Waals surface area contributed by atoms with Crippen LogP contribution < -0.4 is 5.32 Å². The van der Waals surface area contributed by atoms with E-state index < -0.39 is 0 Å². The lowest BCUT2D eigenvalue weighted by atomic mass is 10.0. The van der Waals surface area contributed by atoms with Crippen molar-refractivity contribution in [2.24, 2.45) is 0 Å². The van der Waals surface area contributed by atoms with Crippen molar-refractivity contribution < 1.29 is 9.32 Å². The number of likely N-dealkylation sites (tertiary alicyclic amines) is 1. The minimum absolute atomic E-state index is 0.131. The Morgan fingerprint density at radius 2 is 2.24 bits per heavy atom. The maximum absolute atomic E-state index is 12.8. The zero-order chi connectivity index (χ0) is 17.8. The maximum atomic E-state index is 12.8. The lowest BCUT2D eigenvalue weighted by Gasteiger charge is -2.33. The van der Waals surface area contributed by atoms with Gasteiger partial charge in [-0.2, -0.15) is 4.98 Å². The molecule has 3 rings (SSSR count). The zero-order valence-electron chi connectivity index (χ0n) is 15.2. The van der Waals surface area contributed by atoms with Crippen molar-refractivity contribution in [1.29, 1.82) is 0 Å². The fourth-order valence-electron chi connectivity index (χ4n) is 3.24. The maximum Gasteiger partial charge on any atom is 0.254 e. The molecule has 1 unspecified atom stereocenters. The molecule has 1 saturated heterocycles. The molecule has 1 aliphatic rings. The Balaban J connectivity index is 1.66. The molecule has 0 aliphatic carbocycles. The summed E-state index contributed by atoms with van der Waals surface area (Å²) in [4.78, 5) is 19.0. The second-order valence-electron chi connectivity index (χ2n) is 6.68. The molecule has 0 spiro atoms. The van der Waals surface area contributed by atoms with Crippen molar-refractivity contribution >= 4 is 11.6 Å². The molecule has 6 nitrogen and oxygen atoms in total. The molecule has 0 bridgehead atoms. The first-order valence-electron chi connectivity index (χ1n) is 9.05. The summed E-state index contributed by atoms with van der Waals surface area (Å²) >= 11 is 0. The third-order valence-corrected chi connectivity index (χ3v) is 4.79. The summed E-state index contributed by atoms with van der Waals surface area (Å²) in [6.07, 6.45) is 4.16. The van der Waals surface area contributed by atoms with Crippen molar-refractivity contribution in [3.05, 3.63) is 41.0 Å². The second-order valence-corrected chi connectivity index (χ2v) is 6.68. The molecule has 1 aromatic heterocycles. The number of nitrogens with zero attached hydrogens (tertiary/aromatic N) is 3. The first-order chi connectivity index (χ1) is 12.1. The van der Waals surface area contributed by atoms with E-state index in [1.807, 2.05) is 36.9 Å². The van der Waals surface area contributed by atoms with E-state index in [0.29, 0.717) is 24.3 Å². The normalized spacial score (nSPS) is 17.6. The van der Waals surface area contributed by atoms with Gasteiger partial charge in [0.25, 0.3) is 5.91 Å². The number of aryl methyl sites for hydroxylation is 2. The van der Waals surface area contributed by atoms with Crippen LogP contribution in [0.3, 0.4) is 0 Å². The van der Waals surface area contributed by atoms with Gasteiger partial charge in [-0.25, -0.2) is 0 Å². The van der Waals surface area contributed by atoms with E-state index in [1.165, 1.54) is 6.42 Å². The molecule has 2 heterocycles. The average Bonchev–Trinajstić information content (AvgIpc) is 3.08. The Hall–Kier alpha value is -2.37. The minimum Gasteiger partial charge on any atom is -0.376 e. The van der Waals surface area contributed by atoms with Gasteiger partial charge in [-0.05, 0) is 56.9 Å². The summed E-state index contributed by atoms with van der Waals surface area (Å²) in [6.45, 7) is 7.46. The van der Waals surface area contributed by atoms with Crippen LogP contribution in [0.15, 0.2) is 22.7 Å². The van der Waals surface area contributed by atoms with Crippen molar-refractivity contribution in [2.45, 2.75) is 59.0 Å². The van der Waals surface area contributed by atoms with Crippen LogP contribution in [0.4, 0.5) is 5.69 Å². The van der Waals surface area contributed by atoms with E-state index in [4.69, 9.17) is 4.52 Å². The summed E-state index contributed by atoms with van der Waals surface area (Å²) in [5.41, 5.74) is 2.76. The van der Waals surface area contributed by atoms with Crippen LogP contribution in [0.2, 0.25) is 0 Å². The predicted molar refractivity (Wildman–Crippen MR) is 96.5 cm³/mol. The Kier molecular flexibility index (Phi) is 5.36. The van der Waals surface area contributed by atoms with Crippen molar-refractivity contribution in [3.8, 4) is 0 Å². The fourth-order valence-corrected chi connectivity index (χ4v) is 3.24. The quantitative estimate of drug-likeness (QED) is 0.899. The summed E-state index contributed by atoms with van der Waals surface area (Å²) in [5, 5.41) is 7.19. The van der Waals surface area contributed by atoms with Crippen LogP contribution in [-0.2, 0) is 13.0 Å². The molecule has 1 fully saturated rings. The van der Waals surface area contributed by atoms with Gasteiger partial charge >= 0.3 is 0 Å². The first kappa shape index (κ1) is 17.5. The van der Waals surface area contributed by atoms with Crippen molar-refractivity contribution in [2.75, 3.05) is 11.9 Å². The number of benzene rings is 1. The molecule has 2 aromatic rings. The van der Waals surface area contributed by atoms with Crippen molar-refractivity contribution in [1.82, 2.24) is 15.0 Å². The molecular formula is C19H26N4O2. The van der Waals surface area contributed by atoms with Gasteiger partial charge in [0.05, 0.1) is 6.54 Å². The monoisotopic (exact) mass is 342 g/mol. The SMILES string of the molecule is CCc1noc(CNc2ccc(C(=O)N3CCCCC3C)cc2C)n1. The van der Waals surface area contributed by atoms with E-state index in [0.717, 1.165) is 42.6 Å². The van der Waals surface area contributed by atoms with Crippen LogP contribution in [0.1, 0.15) is 60.7 Å². The number of nitrogens with one attached hydrogen (secondary N) is 1. The summed E-state index contributed by atoms with van der Waals surface area (Å²) in [6, 6.07) is 6.13. The van der Waals surface area contributed by atoms with Gasteiger partial charge in [-0.15, -0.1) is 0 Å². The second kappa shape index (κ2) is 7.68. The molecule has 6 heteroatoms. The summed E-state index contributed by atoms with van der Waals surface area (Å²) in [5.74, 6) is 1.41. The molecule has 0 radical (unpaired) electrons. The lowest BCUT2D eigenvalue weighted by Crippen LogP contribution is -2.42. The molecule has 1 N–H and O–H groups in total. The average molecular weight is 342 g/mol. The number of carbonyl (C=O) groups excluding carboxylic acids is 1. The fraction of sp³-hybridized carbons (Fsp3) is 0.526. The Morgan fingerprint density at radius 3 is 2.92 bits per heavy atom. The topological polar surface area (TPSA) is 71.3 Å². The standard InChI is InChI=1S/C19H26N4O2/c1-4-17-21-18(25-22-17)12-20-16-9-8-15(11-13(16)2)19(24)23-10-6-5-7-14(23)3/h8-9,11,14,20H,4-7,10,12H2,1-3H3. The molecule has 1 aliphatic heterocycles. The number of piperidine rings is 1. The van der Waals surface area contributed by atoms with E-state index in [2.05, 4.69) is 22.4 Å².